The molecule has 1 saturated heterocycles. The third-order valence-electron chi connectivity index (χ3n) is 3.87. The van der Waals surface area contributed by atoms with E-state index in [0.29, 0.717) is 13.0 Å². The molecule has 0 aromatic heterocycles. The van der Waals surface area contributed by atoms with Crippen molar-refractivity contribution in [3.63, 3.8) is 0 Å². The minimum absolute atomic E-state index is 0.0716. The summed E-state index contributed by atoms with van der Waals surface area (Å²) in [6.45, 7) is 4.22. The Hall–Kier alpha value is -1.11. The molecule has 110 valence electrons. The molecule has 7 heteroatoms. The van der Waals surface area contributed by atoms with Gasteiger partial charge in [0.15, 0.2) is 0 Å². The fourth-order valence-electron chi connectivity index (χ4n) is 2.37. The van der Waals surface area contributed by atoms with E-state index in [-0.39, 0.29) is 30.5 Å². The van der Waals surface area contributed by atoms with Gasteiger partial charge in [-0.05, 0) is 12.3 Å². The summed E-state index contributed by atoms with van der Waals surface area (Å²) in [4.78, 5) is 24.8. The summed E-state index contributed by atoms with van der Waals surface area (Å²) in [5.41, 5.74) is -0.902. The lowest BCUT2D eigenvalue weighted by Crippen LogP contribution is -2.40. The topological polar surface area (TPSA) is 91.8 Å². The van der Waals surface area contributed by atoms with Crippen LogP contribution in [-0.4, -0.2) is 55.4 Å². The van der Waals surface area contributed by atoms with Crippen molar-refractivity contribution in [3.8, 4) is 0 Å². The van der Waals surface area contributed by atoms with Crippen LogP contribution in [0.4, 0.5) is 0 Å². The average Bonchev–Trinajstić information content (AvgIpc) is 2.70. The highest BCUT2D eigenvalue weighted by molar-refractivity contribution is 7.90. The van der Waals surface area contributed by atoms with Crippen LogP contribution in [0.15, 0.2) is 0 Å². The number of rotatable bonds is 5. The summed E-state index contributed by atoms with van der Waals surface area (Å²) < 4.78 is 22.1. The fourth-order valence-corrected chi connectivity index (χ4v) is 2.92. The van der Waals surface area contributed by atoms with Crippen molar-refractivity contribution in [2.75, 3.05) is 25.1 Å². The Morgan fingerprint density at radius 3 is 2.32 bits per heavy atom. The van der Waals surface area contributed by atoms with E-state index in [9.17, 15) is 23.1 Å². The summed E-state index contributed by atoms with van der Waals surface area (Å²) >= 11 is 0. The summed E-state index contributed by atoms with van der Waals surface area (Å²) in [6.07, 6.45) is 1.43. The van der Waals surface area contributed by atoms with Crippen molar-refractivity contribution >= 4 is 21.7 Å². The Morgan fingerprint density at radius 1 is 1.37 bits per heavy atom. The van der Waals surface area contributed by atoms with Crippen molar-refractivity contribution in [2.24, 2.45) is 11.3 Å². The molecule has 0 spiro atoms. The molecule has 0 aliphatic carbocycles. The molecule has 1 aliphatic heterocycles. The first-order valence-electron chi connectivity index (χ1n) is 6.27. The molecule has 1 unspecified atom stereocenters. The summed E-state index contributed by atoms with van der Waals surface area (Å²) in [7, 11) is -3.17. The van der Waals surface area contributed by atoms with Gasteiger partial charge in [0.1, 0.15) is 9.84 Å². The van der Waals surface area contributed by atoms with Gasteiger partial charge in [-0.25, -0.2) is 8.42 Å². The molecule has 6 nitrogen and oxygen atoms in total. The van der Waals surface area contributed by atoms with Crippen LogP contribution in [0.5, 0.6) is 0 Å². The second-order valence-electron chi connectivity index (χ2n) is 5.56. The molecular formula is C12H21NO5S. The highest BCUT2D eigenvalue weighted by Crippen LogP contribution is 2.38. The van der Waals surface area contributed by atoms with Crippen LogP contribution >= 0.6 is 0 Å². The zero-order valence-corrected chi connectivity index (χ0v) is 12.4. The predicted octanol–water partition coefficient (Wildman–Crippen LogP) is 0.380. The number of carbonyl (C=O) groups is 2. The van der Waals surface area contributed by atoms with Gasteiger partial charge in [-0.1, -0.05) is 13.8 Å². The first-order chi connectivity index (χ1) is 8.58. The largest absolute Gasteiger partial charge is 0.481 e. The third kappa shape index (κ3) is 3.68. The number of hydrogen-bond donors (Lipinski definition) is 1. The van der Waals surface area contributed by atoms with Gasteiger partial charge in [0, 0.05) is 25.8 Å². The van der Waals surface area contributed by atoms with Crippen LogP contribution in [0.25, 0.3) is 0 Å². The minimum Gasteiger partial charge on any atom is -0.481 e. The fraction of sp³-hybridized carbons (Fsp3) is 0.833. The number of likely N-dealkylation sites (tertiary alicyclic amines) is 1. The zero-order chi connectivity index (χ0) is 14.8. The maximum Gasteiger partial charge on any atom is 0.311 e. The van der Waals surface area contributed by atoms with E-state index in [1.54, 1.807) is 0 Å². The summed E-state index contributed by atoms with van der Waals surface area (Å²) in [5, 5.41) is 9.36. The van der Waals surface area contributed by atoms with Gasteiger partial charge in [0.25, 0.3) is 0 Å². The molecule has 1 N–H and O–H groups in total. The molecule has 0 aromatic carbocycles. The van der Waals surface area contributed by atoms with Crippen molar-refractivity contribution < 1.29 is 23.1 Å². The first kappa shape index (κ1) is 15.9. The van der Waals surface area contributed by atoms with Crippen LogP contribution in [-0.2, 0) is 19.4 Å². The van der Waals surface area contributed by atoms with Crippen LogP contribution in [0.1, 0.15) is 26.7 Å². The quantitative estimate of drug-likeness (QED) is 0.790. The summed E-state index contributed by atoms with van der Waals surface area (Å²) in [6, 6.07) is 0. The Bertz CT molecular complexity index is 471. The number of hydrogen-bond acceptors (Lipinski definition) is 4. The third-order valence-corrected chi connectivity index (χ3v) is 4.82. The molecule has 0 bridgehead atoms. The second-order valence-corrected chi connectivity index (χ2v) is 7.82. The lowest BCUT2D eigenvalue weighted by molar-refractivity contribution is -0.151. The van der Waals surface area contributed by atoms with Crippen LogP contribution in [0, 0.1) is 11.3 Å². The molecule has 1 aliphatic rings. The molecule has 0 radical (unpaired) electrons. The van der Waals surface area contributed by atoms with Crippen molar-refractivity contribution in [3.05, 3.63) is 0 Å². The van der Waals surface area contributed by atoms with Crippen LogP contribution in [0.2, 0.25) is 0 Å². The van der Waals surface area contributed by atoms with Gasteiger partial charge in [-0.3, -0.25) is 9.59 Å². The Labute approximate surface area is 113 Å². The van der Waals surface area contributed by atoms with Gasteiger partial charge >= 0.3 is 5.97 Å². The standard InChI is InChI=1S/C12H21NO5S/c1-9(2)12(11(15)16)5-6-13(8-12)10(14)4-7-19(3,17)18/h9H,4-8H2,1-3H3,(H,15,16). The molecule has 0 aromatic rings. The number of carboxylic acids is 1. The Balaban J connectivity index is 2.70. The van der Waals surface area contributed by atoms with Crippen molar-refractivity contribution in [2.45, 2.75) is 26.7 Å². The highest BCUT2D eigenvalue weighted by atomic mass is 32.2. The van der Waals surface area contributed by atoms with Gasteiger partial charge in [0.05, 0.1) is 11.2 Å². The van der Waals surface area contributed by atoms with Gasteiger partial charge in [-0.15, -0.1) is 0 Å². The van der Waals surface area contributed by atoms with Crippen LogP contribution < -0.4 is 0 Å². The van der Waals surface area contributed by atoms with Gasteiger partial charge < -0.3 is 10.0 Å². The number of nitrogens with zero attached hydrogens (tertiary/aromatic N) is 1. The molecule has 1 atom stereocenters. The lowest BCUT2D eigenvalue weighted by atomic mass is 9.76. The van der Waals surface area contributed by atoms with E-state index in [1.165, 1.54) is 4.90 Å². The normalized spacial score (nSPS) is 23.9. The molecule has 1 amide bonds. The van der Waals surface area contributed by atoms with E-state index < -0.39 is 21.2 Å². The van der Waals surface area contributed by atoms with Gasteiger partial charge in [-0.2, -0.15) is 0 Å². The van der Waals surface area contributed by atoms with E-state index in [1.807, 2.05) is 13.8 Å². The molecule has 1 fully saturated rings. The molecule has 1 heterocycles. The van der Waals surface area contributed by atoms with Crippen molar-refractivity contribution in [1.82, 2.24) is 4.90 Å². The van der Waals surface area contributed by atoms with E-state index in [4.69, 9.17) is 0 Å². The zero-order valence-electron chi connectivity index (χ0n) is 11.5. The number of amides is 1. The number of sulfone groups is 1. The van der Waals surface area contributed by atoms with E-state index >= 15 is 0 Å². The molecule has 19 heavy (non-hydrogen) atoms. The monoisotopic (exact) mass is 291 g/mol. The Morgan fingerprint density at radius 2 is 1.95 bits per heavy atom. The van der Waals surface area contributed by atoms with Gasteiger partial charge in [0.2, 0.25) is 5.91 Å². The summed E-state index contributed by atoms with van der Waals surface area (Å²) in [5.74, 6) is -1.43. The first-order valence-corrected chi connectivity index (χ1v) is 8.33. The van der Waals surface area contributed by atoms with Crippen molar-refractivity contribution in [1.29, 1.82) is 0 Å². The maximum atomic E-state index is 11.9. The second kappa shape index (κ2) is 5.48. The molecule has 1 rings (SSSR count). The molecular weight excluding hydrogens is 270 g/mol. The average molecular weight is 291 g/mol. The lowest BCUT2D eigenvalue weighted by Gasteiger charge is -2.28. The minimum atomic E-state index is -3.17. The number of aliphatic carboxylic acids is 1. The maximum absolute atomic E-state index is 11.9. The van der Waals surface area contributed by atoms with E-state index in [2.05, 4.69) is 0 Å². The smallest absolute Gasteiger partial charge is 0.311 e. The van der Waals surface area contributed by atoms with Crippen LogP contribution in [0.3, 0.4) is 0 Å². The number of carbonyl (C=O) groups excluding carboxylic acids is 1. The van der Waals surface area contributed by atoms with E-state index in [0.717, 1.165) is 6.26 Å². The number of carboxylic acid groups (broad SMARTS) is 1. The Kier molecular flexibility index (Phi) is 4.60. The molecule has 0 saturated carbocycles. The SMILES string of the molecule is CC(C)C1(C(=O)O)CCN(C(=O)CCS(C)(=O)=O)C1. The highest BCUT2D eigenvalue weighted by Gasteiger charge is 2.48. The predicted molar refractivity (Wildman–Crippen MR) is 70.4 cm³/mol.